The quantitative estimate of drug-likeness (QED) is 0.197. The second kappa shape index (κ2) is 9.34. The molecule has 196 valence electrons. The van der Waals surface area contributed by atoms with Gasteiger partial charge in [0, 0.05) is 35.5 Å². The van der Waals surface area contributed by atoms with Crippen LogP contribution in [0, 0.1) is 24.0 Å². The number of ether oxygens (including phenoxy) is 1. The van der Waals surface area contributed by atoms with Crippen molar-refractivity contribution in [1.29, 1.82) is 5.41 Å². The van der Waals surface area contributed by atoms with Crippen LogP contribution in [0.5, 0.6) is 0 Å². The number of aryl methyl sites for hydroxylation is 1. The van der Waals surface area contributed by atoms with Gasteiger partial charge in [0.25, 0.3) is 0 Å². The number of hydrogen-bond donors (Lipinski definition) is 4. The fraction of sp³-hybridized carbons (Fsp3) is 0.241. The van der Waals surface area contributed by atoms with Gasteiger partial charge in [0.2, 0.25) is 0 Å². The second-order valence-corrected chi connectivity index (χ2v) is 9.65. The number of hydrogen-bond acceptors (Lipinski definition) is 5. The van der Waals surface area contributed by atoms with Crippen LogP contribution in [0.15, 0.2) is 48.5 Å². The van der Waals surface area contributed by atoms with Crippen molar-refractivity contribution in [3.63, 3.8) is 0 Å². The molecule has 1 aliphatic carbocycles. The van der Waals surface area contributed by atoms with Gasteiger partial charge >= 0.3 is 5.97 Å². The highest BCUT2D eigenvalue weighted by Gasteiger charge is 2.48. The number of nitrogens with one attached hydrogen (secondary N) is 1. The highest BCUT2D eigenvalue weighted by atomic mass is 19.1. The predicted octanol–water partition coefficient (Wildman–Crippen LogP) is 5.55. The zero-order valence-corrected chi connectivity index (χ0v) is 20.9. The maximum atomic E-state index is 16.1. The average Bonchev–Trinajstić information content (AvgIpc) is 3.46. The van der Waals surface area contributed by atoms with E-state index in [0.717, 1.165) is 6.21 Å². The fourth-order valence-corrected chi connectivity index (χ4v) is 5.60. The van der Waals surface area contributed by atoms with Gasteiger partial charge in [-0.1, -0.05) is 12.1 Å². The Kier molecular flexibility index (Phi) is 6.28. The Balaban J connectivity index is 2.00. The lowest BCUT2D eigenvalue weighted by atomic mass is 9.88. The molecule has 4 aromatic rings. The Morgan fingerprint density at radius 3 is 2.53 bits per heavy atom. The molecule has 0 bridgehead atoms. The third kappa shape index (κ3) is 3.77. The van der Waals surface area contributed by atoms with Gasteiger partial charge in [-0.2, -0.15) is 0 Å². The first kappa shape index (κ1) is 25.6. The van der Waals surface area contributed by atoms with Crippen molar-refractivity contribution in [3.8, 4) is 16.8 Å². The number of aromatic carboxylic acids is 1. The number of halogens is 2. The lowest BCUT2D eigenvalue weighted by Gasteiger charge is -2.32. The summed E-state index contributed by atoms with van der Waals surface area (Å²) in [7, 11) is 1.50. The summed E-state index contributed by atoms with van der Waals surface area (Å²) < 4.78 is 37.8. The first-order valence-electron chi connectivity index (χ1n) is 12.1. The summed E-state index contributed by atoms with van der Waals surface area (Å²) in [6.45, 7) is 1.61. The number of nitrogens with two attached hydrogens (primary N) is 1. The van der Waals surface area contributed by atoms with Gasteiger partial charge in [-0.15, -0.1) is 0 Å². The first-order chi connectivity index (χ1) is 18.1. The molecular weight excluding hydrogens is 492 g/mol. The number of carboxylic acid groups (broad SMARTS) is 1. The van der Waals surface area contributed by atoms with Crippen molar-refractivity contribution >= 4 is 28.8 Å². The molecule has 1 fully saturated rings. The molecule has 5 rings (SSSR count). The molecule has 0 radical (unpaired) electrons. The monoisotopic (exact) mass is 519 g/mol. The van der Waals surface area contributed by atoms with Gasteiger partial charge in [-0.3, -0.25) is 0 Å². The smallest absolute Gasteiger partial charge is 0.335 e. The molecule has 0 saturated heterocycles. The predicted molar refractivity (Wildman–Crippen MR) is 141 cm³/mol. The molecule has 1 heterocycles. The molecule has 5 N–H and O–H groups in total. The molecule has 0 amide bonds. The standard InChI is InChI=1S/C29H27F2N3O4/c1-15-12-19(9-10-20(15)30)34-21-13-18(14-32)26(33)25(31)24(21)23(16-5-7-17(8-6-16)28(35)36)27(34)29(37)11-3-4-22(29)38-2/h5-10,12-14,22,32,37H,3-4,11,33H2,1-2H3,(H,35,36). The number of anilines is 1. The van der Waals surface area contributed by atoms with E-state index in [1.807, 2.05) is 0 Å². The van der Waals surface area contributed by atoms with Crippen LogP contribution < -0.4 is 5.73 Å². The van der Waals surface area contributed by atoms with Crippen LogP contribution in [-0.2, 0) is 10.3 Å². The van der Waals surface area contributed by atoms with Gasteiger partial charge < -0.3 is 30.7 Å². The topological polar surface area (TPSA) is 122 Å². The highest BCUT2D eigenvalue weighted by Crippen LogP contribution is 2.50. The SMILES string of the molecule is COC1CCCC1(O)c1c(-c2ccc(C(=O)O)cc2)c2c(F)c(N)c(C=N)cc2n1-c1ccc(F)c(C)c1. The normalized spacial score (nSPS) is 19.2. The third-order valence-electron chi connectivity index (χ3n) is 7.49. The summed E-state index contributed by atoms with van der Waals surface area (Å²) in [6, 6.07) is 12.0. The van der Waals surface area contributed by atoms with E-state index < -0.39 is 29.3 Å². The maximum Gasteiger partial charge on any atom is 0.335 e. The van der Waals surface area contributed by atoms with Crippen molar-refractivity contribution < 1.29 is 28.5 Å². The largest absolute Gasteiger partial charge is 0.478 e. The number of fused-ring (bicyclic) bond motifs is 1. The summed E-state index contributed by atoms with van der Waals surface area (Å²) in [5.41, 5.74) is 6.77. The average molecular weight is 520 g/mol. The van der Waals surface area contributed by atoms with E-state index in [1.165, 1.54) is 25.3 Å². The van der Waals surface area contributed by atoms with Crippen LogP contribution in [-0.4, -0.2) is 40.2 Å². The number of aliphatic hydroxyl groups is 1. The van der Waals surface area contributed by atoms with E-state index in [-0.39, 0.29) is 22.2 Å². The molecule has 3 aromatic carbocycles. The highest BCUT2D eigenvalue weighted by molar-refractivity contribution is 6.05. The van der Waals surface area contributed by atoms with E-state index in [2.05, 4.69) is 0 Å². The number of rotatable bonds is 6. The van der Waals surface area contributed by atoms with Crippen LogP contribution in [0.4, 0.5) is 14.5 Å². The number of nitrogen functional groups attached to an aromatic ring is 1. The van der Waals surface area contributed by atoms with Gasteiger partial charge in [-0.25, -0.2) is 13.6 Å². The van der Waals surface area contributed by atoms with Crippen molar-refractivity contribution in [2.75, 3.05) is 12.8 Å². The molecule has 1 aromatic heterocycles. The molecule has 7 nitrogen and oxygen atoms in total. The Labute approximate surface area is 217 Å². The van der Waals surface area contributed by atoms with Crippen LogP contribution in [0.2, 0.25) is 0 Å². The summed E-state index contributed by atoms with van der Waals surface area (Å²) in [5, 5.41) is 29.5. The lowest BCUT2D eigenvalue weighted by molar-refractivity contribution is -0.0806. The van der Waals surface area contributed by atoms with E-state index in [0.29, 0.717) is 52.9 Å². The zero-order valence-electron chi connectivity index (χ0n) is 20.9. The Morgan fingerprint density at radius 2 is 1.92 bits per heavy atom. The molecule has 38 heavy (non-hydrogen) atoms. The van der Waals surface area contributed by atoms with Gasteiger partial charge in [-0.05, 0) is 73.7 Å². The van der Waals surface area contributed by atoms with Crippen LogP contribution in [0.3, 0.4) is 0 Å². The Hall–Kier alpha value is -4.08. The molecule has 2 unspecified atom stereocenters. The molecule has 9 heteroatoms. The molecule has 0 spiro atoms. The van der Waals surface area contributed by atoms with Crippen molar-refractivity contribution in [2.45, 2.75) is 37.9 Å². The number of carboxylic acids is 1. The molecule has 1 aliphatic rings. The Morgan fingerprint density at radius 1 is 1.21 bits per heavy atom. The van der Waals surface area contributed by atoms with Crippen molar-refractivity contribution in [3.05, 3.63) is 82.5 Å². The Bertz CT molecular complexity index is 1600. The van der Waals surface area contributed by atoms with Crippen molar-refractivity contribution in [1.82, 2.24) is 4.57 Å². The number of carbonyl (C=O) groups is 1. The van der Waals surface area contributed by atoms with Gasteiger partial charge in [0.1, 0.15) is 11.4 Å². The summed E-state index contributed by atoms with van der Waals surface area (Å²) >= 11 is 0. The summed E-state index contributed by atoms with van der Waals surface area (Å²) in [6.07, 6.45) is 1.86. The van der Waals surface area contributed by atoms with Crippen LogP contribution in [0.1, 0.15) is 46.4 Å². The molecule has 2 atom stereocenters. The number of methoxy groups -OCH3 is 1. The van der Waals surface area contributed by atoms with E-state index in [9.17, 15) is 19.4 Å². The number of nitrogens with zero attached hydrogens (tertiary/aromatic N) is 1. The second-order valence-electron chi connectivity index (χ2n) is 9.65. The fourth-order valence-electron chi connectivity index (χ4n) is 5.60. The first-order valence-corrected chi connectivity index (χ1v) is 12.1. The van der Waals surface area contributed by atoms with Crippen LogP contribution >= 0.6 is 0 Å². The van der Waals surface area contributed by atoms with Gasteiger partial charge in [0.15, 0.2) is 5.82 Å². The minimum absolute atomic E-state index is 0.0496. The summed E-state index contributed by atoms with van der Waals surface area (Å²) in [4.78, 5) is 11.5. The summed E-state index contributed by atoms with van der Waals surface area (Å²) in [5.74, 6) is -2.30. The minimum atomic E-state index is -1.57. The third-order valence-corrected chi connectivity index (χ3v) is 7.49. The van der Waals surface area contributed by atoms with E-state index >= 15 is 4.39 Å². The van der Waals surface area contributed by atoms with E-state index in [4.69, 9.17) is 15.9 Å². The minimum Gasteiger partial charge on any atom is -0.478 e. The lowest BCUT2D eigenvalue weighted by Crippen LogP contribution is -2.38. The molecule has 1 saturated carbocycles. The van der Waals surface area contributed by atoms with Crippen molar-refractivity contribution in [2.24, 2.45) is 0 Å². The molecular formula is C29H27F2N3O4. The van der Waals surface area contributed by atoms with E-state index in [1.54, 1.807) is 41.8 Å². The zero-order chi connectivity index (χ0) is 27.4. The maximum absolute atomic E-state index is 16.1. The molecule has 0 aliphatic heterocycles. The number of benzene rings is 3. The van der Waals surface area contributed by atoms with Gasteiger partial charge in [0.05, 0.1) is 28.6 Å². The number of aromatic nitrogens is 1. The van der Waals surface area contributed by atoms with Crippen LogP contribution in [0.25, 0.3) is 27.7 Å².